The molecule has 0 aliphatic carbocycles. The molecule has 10 heteroatoms. The summed E-state index contributed by atoms with van der Waals surface area (Å²) in [4.78, 5) is 23.1. The Hall–Kier alpha value is -1.68. The molecular weight excluding hydrogens is 386 g/mol. The SMILES string of the molecule is COC(=O)c1ccc(S(=O)(=O)NCC(C)(O)C(=O)OC(C)(C)C)c(Cl)c1. The highest BCUT2D eigenvalue weighted by Gasteiger charge is 2.36. The van der Waals surface area contributed by atoms with Crippen LogP contribution in [0.5, 0.6) is 0 Å². The van der Waals surface area contributed by atoms with Crippen molar-refractivity contribution in [3.05, 3.63) is 28.8 Å². The van der Waals surface area contributed by atoms with E-state index in [9.17, 15) is 23.1 Å². The number of carbonyl (C=O) groups is 2. The van der Waals surface area contributed by atoms with Gasteiger partial charge in [-0.2, -0.15) is 0 Å². The maximum absolute atomic E-state index is 12.4. The lowest BCUT2D eigenvalue weighted by molar-refractivity contribution is -0.174. The summed E-state index contributed by atoms with van der Waals surface area (Å²) in [5.74, 6) is -1.64. The molecule has 1 aromatic rings. The van der Waals surface area contributed by atoms with E-state index in [0.29, 0.717) is 0 Å². The first-order valence-electron chi connectivity index (χ1n) is 7.53. The second-order valence-electron chi connectivity index (χ2n) is 6.74. The largest absolute Gasteiger partial charge is 0.465 e. The molecule has 0 aliphatic rings. The Labute approximate surface area is 157 Å². The molecule has 146 valence electrons. The van der Waals surface area contributed by atoms with Crippen LogP contribution in [0.4, 0.5) is 0 Å². The van der Waals surface area contributed by atoms with Crippen molar-refractivity contribution in [1.29, 1.82) is 0 Å². The average molecular weight is 408 g/mol. The first-order chi connectivity index (χ1) is 11.7. The molecule has 1 rings (SSSR count). The number of aliphatic hydroxyl groups is 1. The van der Waals surface area contributed by atoms with Gasteiger partial charge in [-0.1, -0.05) is 11.6 Å². The lowest BCUT2D eigenvalue weighted by Gasteiger charge is -2.27. The number of methoxy groups -OCH3 is 1. The minimum absolute atomic E-state index is 0.0807. The molecule has 1 atom stereocenters. The van der Waals surface area contributed by atoms with Gasteiger partial charge in [-0.25, -0.2) is 22.7 Å². The first-order valence-corrected chi connectivity index (χ1v) is 9.39. The van der Waals surface area contributed by atoms with Crippen LogP contribution in [-0.2, 0) is 24.3 Å². The molecule has 0 fully saturated rings. The van der Waals surface area contributed by atoms with E-state index in [0.717, 1.165) is 19.1 Å². The maximum Gasteiger partial charge on any atom is 0.339 e. The topological polar surface area (TPSA) is 119 Å². The monoisotopic (exact) mass is 407 g/mol. The highest BCUT2D eigenvalue weighted by atomic mass is 35.5. The number of carbonyl (C=O) groups excluding carboxylic acids is 2. The summed E-state index contributed by atoms with van der Waals surface area (Å²) >= 11 is 5.93. The quantitative estimate of drug-likeness (QED) is 0.685. The molecular formula is C16H22ClNO7S. The zero-order valence-electron chi connectivity index (χ0n) is 15.1. The number of esters is 2. The van der Waals surface area contributed by atoms with Crippen molar-refractivity contribution in [1.82, 2.24) is 4.72 Å². The van der Waals surface area contributed by atoms with Gasteiger partial charge >= 0.3 is 11.9 Å². The van der Waals surface area contributed by atoms with E-state index in [1.807, 2.05) is 0 Å². The fraction of sp³-hybridized carbons (Fsp3) is 0.500. The Kier molecular flexibility index (Phi) is 6.80. The Morgan fingerprint density at radius 2 is 1.81 bits per heavy atom. The van der Waals surface area contributed by atoms with E-state index in [2.05, 4.69) is 9.46 Å². The Bertz CT molecular complexity index is 797. The number of ether oxygens (including phenoxy) is 2. The van der Waals surface area contributed by atoms with Crippen molar-refractivity contribution in [2.24, 2.45) is 0 Å². The zero-order chi connectivity index (χ0) is 20.3. The van der Waals surface area contributed by atoms with E-state index < -0.39 is 39.7 Å². The number of halogens is 1. The van der Waals surface area contributed by atoms with Crippen LogP contribution in [0.1, 0.15) is 38.1 Å². The number of sulfonamides is 1. The molecule has 0 aromatic heterocycles. The van der Waals surface area contributed by atoms with Gasteiger partial charge in [0.1, 0.15) is 10.5 Å². The summed E-state index contributed by atoms with van der Waals surface area (Å²) in [5.41, 5.74) is -2.84. The Morgan fingerprint density at radius 3 is 2.27 bits per heavy atom. The van der Waals surface area contributed by atoms with E-state index >= 15 is 0 Å². The molecule has 8 nitrogen and oxygen atoms in total. The van der Waals surface area contributed by atoms with Crippen molar-refractivity contribution in [2.45, 2.75) is 43.8 Å². The average Bonchev–Trinajstić information content (AvgIpc) is 2.50. The molecule has 0 bridgehead atoms. The molecule has 0 heterocycles. The molecule has 2 N–H and O–H groups in total. The molecule has 0 saturated heterocycles. The number of hydrogen-bond acceptors (Lipinski definition) is 7. The van der Waals surface area contributed by atoms with Crippen LogP contribution >= 0.6 is 11.6 Å². The first kappa shape index (κ1) is 22.4. The van der Waals surface area contributed by atoms with Crippen LogP contribution in [0.3, 0.4) is 0 Å². The standard InChI is InChI=1S/C16H22ClNO7S/c1-15(2,3)25-14(20)16(4,21)9-18-26(22,23)12-7-6-10(8-11(12)17)13(19)24-5/h6-8,18,21H,9H2,1-5H3. The molecule has 0 radical (unpaired) electrons. The third-order valence-corrected chi connectivity index (χ3v) is 4.97. The number of benzene rings is 1. The third kappa shape index (κ3) is 5.94. The second kappa shape index (κ2) is 7.91. The molecule has 0 aliphatic heterocycles. The smallest absolute Gasteiger partial charge is 0.339 e. The number of rotatable bonds is 6. The van der Waals surface area contributed by atoms with Gasteiger partial charge in [-0.05, 0) is 45.9 Å². The minimum atomic E-state index is -4.15. The van der Waals surface area contributed by atoms with Gasteiger partial charge in [0.2, 0.25) is 10.0 Å². The molecule has 0 saturated carbocycles. The van der Waals surface area contributed by atoms with E-state index in [-0.39, 0.29) is 15.5 Å². The number of nitrogens with one attached hydrogen (secondary N) is 1. The lowest BCUT2D eigenvalue weighted by atomic mass is 10.1. The summed E-state index contributed by atoms with van der Waals surface area (Å²) in [5, 5.41) is 9.97. The second-order valence-corrected chi connectivity index (χ2v) is 8.88. The Morgan fingerprint density at radius 1 is 1.23 bits per heavy atom. The van der Waals surface area contributed by atoms with Crippen molar-refractivity contribution in [3.63, 3.8) is 0 Å². The van der Waals surface area contributed by atoms with Gasteiger partial charge in [-0.3, -0.25) is 0 Å². The summed E-state index contributed by atoms with van der Waals surface area (Å²) < 4.78 is 36.5. The van der Waals surface area contributed by atoms with Gasteiger partial charge in [0.25, 0.3) is 0 Å². The zero-order valence-corrected chi connectivity index (χ0v) is 16.7. The highest BCUT2D eigenvalue weighted by molar-refractivity contribution is 7.89. The fourth-order valence-electron chi connectivity index (χ4n) is 1.74. The van der Waals surface area contributed by atoms with E-state index in [1.54, 1.807) is 20.8 Å². The summed E-state index contributed by atoms with van der Waals surface area (Å²) in [6, 6.07) is 3.51. The number of hydrogen-bond donors (Lipinski definition) is 2. The van der Waals surface area contributed by atoms with Crippen LogP contribution in [-0.4, -0.2) is 50.3 Å². The predicted molar refractivity (Wildman–Crippen MR) is 94.4 cm³/mol. The van der Waals surface area contributed by atoms with Crippen LogP contribution in [0.25, 0.3) is 0 Å². The van der Waals surface area contributed by atoms with Crippen molar-refractivity contribution in [3.8, 4) is 0 Å². The molecule has 1 aromatic carbocycles. The van der Waals surface area contributed by atoms with Gasteiger partial charge in [-0.15, -0.1) is 0 Å². The predicted octanol–water partition coefficient (Wildman–Crippen LogP) is 1.50. The molecule has 0 amide bonds. The highest BCUT2D eigenvalue weighted by Crippen LogP contribution is 2.23. The molecule has 0 spiro atoms. The summed E-state index contributed by atoms with van der Waals surface area (Å²) in [6.07, 6.45) is 0. The summed E-state index contributed by atoms with van der Waals surface area (Å²) in [6.45, 7) is 5.36. The van der Waals surface area contributed by atoms with Crippen molar-refractivity contribution >= 4 is 33.6 Å². The minimum Gasteiger partial charge on any atom is -0.465 e. The lowest BCUT2D eigenvalue weighted by Crippen LogP contribution is -2.49. The van der Waals surface area contributed by atoms with E-state index in [1.165, 1.54) is 13.2 Å². The van der Waals surface area contributed by atoms with Crippen LogP contribution in [0, 0.1) is 0 Å². The van der Waals surface area contributed by atoms with Gasteiger partial charge in [0.05, 0.1) is 24.2 Å². The van der Waals surface area contributed by atoms with Crippen LogP contribution in [0.15, 0.2) is 23.1 Å². The fourth-order valence-corrected chi connectivity index (χ4v) is 3.41. The third-order valence-electron chi connectivity index (χ3n) is 3.09. The van der Waals surface area contributed by atoms with Crippen molar-refractivity contribution in [2.75, 3.05) is 13.7 Å². The van der Waals surface area contributed by atoms with Gasteiger partial charge in [0, 0.05) is 0 Å². The van der Waals surface area contributed by atoms with E-state index in [4.69, 9.17) is 16.3 Å². The van der Waals surface area contributed by atoms with Gasteiger partial charge < -0.3 is 14.6 Å². The van der Waals surface area contributed by atoms with Gasteiger partial charge in [0.15, 0.2) is 5.60 Å². The maximum atomic E-state index is 12.4. The molecule has 1 unspecified atom stereocenters. The van der Waals surface area contributed by atoms with Crippen molar-refractivity contribution < 1.29 is 32.6 Å². The van der Waals surface area contributed by atoms with Crippen LogP contribution in [0.2, 0.25) is 5.02 Å². The molecule has 26 heavy (non-hydrogen) atoms. The summed E-state index contributed by atoms with van der Waals surface area (Å²) in [7, 11) is -2.97. The van der Waals surface area contributed by atoms with Crippen LogP contribution < -0.4 is 4.72 Å². The Balaban J connectivity index is 2.96. The normalized spacial score (nSPS) is 14.4.